The van der Waals surface area contributed by atoms with Gasteiger partial charge in [-0.05, 0) is 30.2 Å². The Morgan fingerprint density at radius 3 is 2.08 bits per heavy atom. The number of benzene rings is 3. The van der Waals surface area contributed by atoms with Gasteiger partial charge in [0, 0.05) is 16.5 Å². The quantitative estimate of drug-likeness (QED) is 0.519. The van der Waals surface area contributed by atoms with Crippen LogP contribution in [-0.4, -0.2) is 11.1 Å². The van der Waals surface area contributed by atoms with Gasteiger partial charge in [0.1, 0.15) is 11.3 Å². The molecule has 25 heavy (non-hydrogen) atoms. The maximum Gasteiger partial charge on any atom is 0.336 e. The first kappa shape index (κ1) is 15.2. The van der Waals surface area contributed by atoms with Gasteiger partial charge in [-0.3, -0.25) is 0 Å². The minimum atomic E-state index is -0.953. The van der Waals surface area contributed by atoms with E-state index in [1.165, 1.54) is 0 Å². The molecular weight excluding hydrogens is 312 g/mol. The summed E-state index contributed by atoms with van der Waals surface area (Å²) < 4.78 is 6.15. The lowest BCUT2D eigenvalue weighted by atomic mass is 9.95. The summed E-state index contributed by atoms with van der Waals surface area (Å²) >= 11 is 0. The Labute approximate surface area is 145 Å². The Morgan fingerprint density at radius 2 is 1.48 bits per heavy atom. The molecule has 0 saturated heterocycles. The smallest absolute Gasteiger partial charge is 0.336 e. The molecule has 0 atom stereocenters. The minimum absolute atomic E-state index is 0.264. The zero-order valence-corrected chi connectivity index (χ0v) is 13.7. The highest BCUT2D eigenvalue weighted by atomic mass is 16.4. The van der Waals surface area contributed by atoms with E-state index in [4.69, 9.17) is 4.42 Å². The van der Waals surface area contributed by atoms with Crippen molar-refractivity contribution in [1.29, 1.82) is 0 Å². The van der Waals surface area contributed by atoms with Crippen molar-refractivity contribution in [2.24, 2.45) is 0 Å². The average Bonchev–Trinajstić information content (AvgIpc) is 3.01. The van der Waals surface area contributed by atoms with Crippen molar-refractivity contribution < 1.29 is 14.3 Å². The van der Waals surface area contributed by atoms with Gasteiger partial charge in [0.2, 0.25) is 0 Å². The molecule has 0 aliphatic heterocycles. The third-order valence-corrected chi connectivity index (χ3v) is 4.26. The number of fused-ring (bicyclic) bond motifs is 1. The molecule has 122 valence electrons. The fraction of sp³-hybridized carbons (Fsp3) is 0.0455. The van der Waals surface area contributed by atoms with Crippen molar-refractivity contribution in [3.8, 4) is 22.5 Å². The average molecular weight is 328 g/mol. The number of carboxylic acid groups (broad SMARTS) is 1. The second-order valence-electron chi connectivity index (χ2n) is 6.03. The first-order valence-electron chi connectivity index (χ1n) is 8.06. The molecule has 0 fully saturated rings. The molecule has 1 N–H and O–H groups in total. The van der Waals surface area contributed by atoms with E-state index >= 15 is 0 Å². The number of hydrogen-bond donors (Lipinski definition) is 1. The molecule has 0 radical (unpaired) electrons. The summed E-state index contributed by atoms with van der Waals surface area (Å²) in [5.41, 5.74) is 4.39. The summed E-state index contributed by atoms with van der Waals surface area (Å²) in [5, 5.41) is 10.4. The lowest BCUT2D eigenvalue weighted by molar-refractivity contribution is 0.0699. The van der Waals surface area contributed by atoms with Crippen LogP contribution in [0.4, 0.5) is 0 Å². The van der Waals surface area contributed by atoms with Crippen LogP contribution in [0.15, 0.2) is 77.2 Å². The van der Waals surface area contributed by atoms with E-state index in [1.54, 1.807) is 6.07 Å². The van der Waals surface area contributed by atoms with Gasteiger partial charge in [-0.2, -0.15) is 0 Å². The van der Waals surface area contributed by atoms with Crippen molar-refractivity contribution in [2.75, 3.05) is 0 Å². The van der Waals surface area contributed by atoms with Crippen LogP contribution in [0.1, 0.15) is 15.9 Å². The number of carbonyl (C=O) groups is 1. The van der Waals surface area contributed by atoms with E-state index in [-0.39, 0.29) is 5.56 Å². The van der Waals surface area contributed by atoms with E-state index < -0.39 is 5.97 Å². The van der Waals surface area contributed by atoms with Crippen LogP contribution >= 0.6 is 0 Å². The number of hydrogen-bond acceptors (Lipinski definition) is 2. The molecule has 4 aromatic rings. The molecule has 3 aromatic carbocycles. The van der Waals surface area contributed by atoms with Crippen LogP contribution in [-0.2, 0) is 0 Å². The van der Waals surface area contributed by atoms with E-state index in [0.29, 0.717) is 16.7 Å². The first-order chi connectivity index (χ1) is 12.1. The van der Waals surface area contributed by atoms with Gasteiger partial charge in [0.15, 0.2) is 0 Å². The summed E-state index contributed by atoms with van der Waals surface area (Å²) in [7, 11) is 0. The second-order valence-corrected chi connectivity index (χ2v) is 6.03. The summed E-state index contributed by atoms with van der Waals surface area (Å²) in [5.74, 6) is -0.263. The highest BCUT2D eigenvalue weighted by Gasteiger charge is 2.22. The Hall–Kier alpha value is -3.33. The highest BCUT2D eigenvalue weighted by Crippen LogP contribution is 2.42. The fourth-order valence-electron chi connectivity index (χ4n) is 3.21. The molecule has 3 heteroatoms. The van der Waals surface area contributed by atoms with Crippen molar-refractivity contribution in [1.82, 2.24) is 0 Å². The largest absolute Gasteiger partial charge is 0.478 e. The number of furan rings is 1. The first-order valence-corrected chi connectivity index (χ1v) is 8.06. The molecule has 4 rings (SSSR count). The third-order valence-electron chi connectivity index (χ3n) is 4.26. The Bertz CT molecular complexity index is 1060. The third kappa shape index (κ3) is 2.60. The summed E-state index contributed by atoms with van der Waals surface area (Å²) in [6.45, 7) is 1.87. The molecule has 0 bridgehead atoms. The van der Waals surface area contributed by atoms with Crippen LogP contribution in [0.3, 0.4) is 0 Å². The van der Waals surface area contributed by atoms with Crippen molar-refractivity contribution in [3.05, 3.63) is 83.9 Å². The van der Waals surface area contributed by atoms with Crippen molar-refractivity contribution >= 4 is 16.9 Å². The molecule has 1 aromatic heterocycles. The lowest BCUT2D eigenvalue weighted by Crippen LogP contribution is -1.98. The van der Waals surface area contributed by atoms with E-state index in [0.717, 1.165) is 22.3 Å². The fourth-order valence-corrected chi connectivity index (χ4v) is 3.21. The molecule has 0 unspecified atom stereocenters. The van der Waals surface area contributed by atoms with Crippen LogP contribution in [0.25, 0.3) is 33.4 Å². The standard InChI is InChI=1S/C22H16O3/c1-14-12-17(22(23)24)20-18(13-14)25-21(16-10-6-3-7-11-16)19(20)15-8-4-2-5-9-15/h2-13H,1H3,(H,23,24). The van der Waals surface area contributed by atoms with Crippen LogP contribution in [0, 0.1) is 6.92 Å². The second kappa shape index (κ2) is 5.95. The summed E-state index contributed by atoms with van der Waals surface area (Å²) in [6, 6.07) is 23.1. The molecule has 0 saturated carbocycles. The van der Waals surface area contributed by atoms with E-state index in [9.17, 15) is 9.90 Å². The predicted molar refractivity (Wildman–Crippen MR) is 98.8 cm³/mol. The van der Waals surface area contributed by atoms with Gasteiger partial charge in [0.25, 0.3) is 0 Å². The van der Waals surface area contributed by atoms with Crippen LogP contribution in [0.5, 0.6) is 0 Å². The van der Waals surface area contributed by atoms with Crippen LogP contribution in [0.2, 0.25) is 0 Å². The number of aromatic carboxylic acids is 1. The summed E-state index contributed by atoms with van der Waals surface area (Å²) in [4.78, 5) is 11.9. The van der Waals surface area contributed by atoms with E-state index in [1.807, 2.05) is 73.7 Å². The predicted octanol–water partition coefficient (Wildman–Crippen LogP) is 5.77. The highest BCUT2D eigenvalue weighted by molar-refractivity contribution is 6.12. The number of rotatable bonds is 3. The summed E-state index contributed by atoms with van der Waals surface area (Å²) in [6.07, 6.45) is 0. The van der Waals surface area contributed by atoms with Gasteiger partial charge in [-0.15, -0.1) is 0 Å². The van der Waals surface area contributed by atoms with Gasteiger partial charge in [-0.1, -0.05) is 60.7 Å². The van der Waals surface area contributed by atoms with Crippen molar-refractivity contribution in [2.45, 2.75) is 6.92 Å². The Balaban J connectivity index is 2.16. The van der Waals surface area contributed by atoms with Gasteiger partial charge in [-0.25, -0.2) is 4.79 Å². The minimum Gasteiger partial charge on any atom is -0.478 e. The molecule has 1 heterocycles. The topological polar surface area (TPSA) is 50.4 Å². The zero-order chi connectivity index (χ0) is 17.4. The number of carboxylic acids is 1. The molecule has 0 amide bonds. The number of aryl methyl sites for hydroxylation is 1. The maximum absolute atomic E-state index is 11.9. The van der Waals surface area contributed by atoms with Gasteiger partial charge in [0.05, 0.1) is 5.56 Å². The molecule has 0 aliphatic carbocycles. The SMILES string of the molecule is Cc1cc(C(=O)O)c2c(-c3ccccc3)c(-c3ccccc3)oc2c1. The van der Waals surface area contributed by atoms with Gasteiger partial charge < -0.3 is 9.52 Å². The molecule has 3 nitrogen and oxygen atoms in total. The molecule has 0 aliphatic rings. The van der Waals surface area contributed by atoms with Crippen molar-refractivity contribution in [3.63, 3.8) is 0 Å². The molecule has 0 spiro atoms. The monoisotopic (exact) mass is 328 g/mol. The van der Waals surface area contributed by atoms with E-state index in [2.05, 4.69) is 0 Å². The van der Waals surface area contributed by atoms with Crippen LogP contribution < -0.4 is 0 Å². The Morgan fingerprint density at radius 1 is 0.880 bits per heavy atom. The maximum atomic E-state index is 11.9. The normalized spacial score (nSPS) is 10.9. The van der Waals surface area contributed by atoms with Gasteiger partial charge >= 0.3 is 5.97 Å². The molecular formula is C22H16O3. The lowest BCUT2D eigenvalue weighted by Gasteiger charge is -2.06. The zero-order valence-electron chi connectivity index (χ0n) is 13.7. The Kier molecular flexibility index (Phi) is 3.62.